The number of ketones is 1. The lowest BCUT2D eigenvalue weighted by Crippen LogP contribution is -2.14. The summed E-state index contributed by atoms with van der Waals surface area (Å²) in [5.74, 6) is -0.981. The van der Waals surface area contributed by atoms with Crippen LogP contribution in [0, 0.1) is 20.8 Å². The maximum atomic E-state index is 12.5. The van der Waals surface area contributed by atoms with Crippen LogP contribution in [-0.4, -0.2) is 28.1 Å². The molecule has 25 heavy (non-hydrogen) atoms. The summed E-state index contributed by atoms with van der Waals surface area (Å²) in [5.41, 5.74) is 3.82. The molecule has 3 rings (SSSR count). The molecule has 1 aromatic carbocycles. The van der Waals surface area contributed by atoms with Gasteiger partial charge in [-0.15, -0.1) is 0 Å². The SMILES string of the molecule is Cc1cc(C(=O)OCC(=O)c2cc(C)n(-c3ccccc3)c2C)on1. The van der Waals surface area contributed by atoms with Crippen molar-refractivity contribution in [1.82, 2.24) is 9.72 Å². The first-order valence-electron chi connectivity index (χ1n) is 7.85. The van der Waals surface area contributed by atoms with Crippen LogP contribution < -0.4 is 0 Å². The fourth-order valence-electron chi connectivity index (χ4n) is 2.76. The second-order valence-electron chi connectivity index (χ2n) is 5.79. The molecule has 6 nitrogen and oxygen atoms in total. The Morgan fingerprint density at radius 1 is 1.12 bits per heavy atom. The largest absolute Gasteiger partial charge is 0.451 e. The molecule has 2 heterocycles. The molecule has 2 aromatic heterocycles. The number of aromatic nitrogens is 2. The van der Waals surface area contributed by atoms with Crippen molar-refractivity contribution >= 4 is 11.8 Å². The van der Waals surface area contributed by atoms with Gasteiger partial charge in [-0.25, -0.2) is 4.79 Å². The van der Waals surface area contributed by atoms with E-state index in [9.17, 15) is 9.59 Å². The van der Waals surface area contributed by atoms with Crippen molar-refractivity contribution in [3.63, 3.8) is 0 Å². The number of Topliss-reactive ketones (excluding diaryl/α,β-unsaturated/α-hetero) is 1. The number of para-hydroxylation sites is 1. The molecule has 0 atom stereocenters. The summed E-state index contributed by atoms with van der Waals surface area (Å²) in [4.78, 5) is 24.3. The molecule has 0 amide bonds. The zero-order valence-electron chi connectivity index (χ0n) is 14.3. The second kappa shape index (κ2) is 6.76. The number of esters is 1. The Balaban J connectivity index is 1.76. The normalized spacial score (nSPS) is 10.7. The molecular weight excluding hydrogens is 320 g/mol. The molecule has 0 radical (unpaired) electrons. The number of aryl methyl sites for hydroxylation is 2. The Kier molecular flexibility index (Phi) is 4.52. The van der Waals surface area contributed by atoms with Gasteiger partial charge in [0.2, 0.25) is 11.5 Å². The smallest absolute Gasteiger partial charge is 0.377 e. The third kappa shape index (κ3) is 3.38. The fraction of sp³-hybridized carbons (Fsp3) is 0.211. The van der Waals surface area contributed by atoms with Crippen molar-refractivity contribution in [2.24, 2.45) is 0 Å². The number of hydrogen-bond donors (Lipinski definition) is 0. The molecule has 0 aliphatic rings. The van der Waals surface area contributed by atoms with Crippen LogP contribution in [0.5, 0.6) is 0 Å². The van der Waals surface area contributed by atoms with E-state index in [1.165, 1.54) is 6.07 Å². The molecule has 0 N–H and O–H groups in total. The van der Waals surface area contributed by atoms with Gasteiger partial charge in [0.15, 0.2) is 6.61 Å². The molecule has 0 unspecified atom stereocenters. The molecule has 0 fully saturated rings. The molecule has 0 aliphatic heterocycles. The van der Waals surface area contributed by atoms with Crippen molar-refractivity contribution in [3.8, 4) is 5.69 Å². The zero-order valence-corrected chi connectivity index (χ0v) is 14.3. The molecule has 0 saturated heterocycles. The minimum atomic E-state index is -0.703. The molecule has 0 bridgehead atoms. The number of hydrogen-bond acceptors (Lipinski definition) is 5. The lowest BCUT2D eigenvalue weighted by atomic mass is 10.1. The average Bonchev–Trinajstić information content (AvgIpc) is 3.16. The first-order valence-corrected chi connectivity index (χ1v) is 7.85. The Bertz CT molecular complexity index is 922. The van der Waals surface area contributed by atoms with E-state index in [0.717, 1.165) is 17.1 Å². The highest BCUT2D eigenvalue weighted by Gasteiger charge is 2.20. The highest BCUT2D eigenvalue weighted by molar-refractivity contribution is 6.00. The zero-order chi connectivity index (χ0) is 18.0. The van der Waals surface area contributed by atoms with Gasteiger partial charge in [0.05, 0.1) is 5.69 Å². The third-order valence-corrected chi connectivity index (χ3v) is 3.91. The predicted molar refractivity (Wildman–Crippen MR) is 91.1 cm³/mol. The second-order valence-corrected chi connectivity index (χ2v) is 5.79. The van der Waals surface area contributed by atoms with Gasteiger partial charge in [-0.3, -0.25) is 4.79 Å². The summed E-state index contributed by atoms with van der Waals surface area (Å²) in [7, 11) is 0. The van der Waals surface area contributed by atoms with Crippen LogP contribution in [0.25, 0.3) is 5.69 Å². The number of nitrogens with zero attached hydrogens (tertiary/aromatic N) is 2. The summed E-state index contributed by atoms with van der Waals surface area (Å²) in [6, 6.07) is 13.0. The van der Waals surface area contributed by atoms with Crippen LogP contribution in [-0.2, 0) is 4.74 Å². The van der Waals surface area contributed by atoms with Crippen LogP contribution in [0.3, 0.4) is 0 Å². The monoisotopic (exact) mass is 338 g/mol. The van der Waals surface area contributed by atoms with Gasteiger partial charge < -0.3 is 13.8 Å². The standard InChI is InChI=1S/C19H18N2O4/c1-12-9-18(25-20-12)19(23)24-11-17(22)16-10-13(2)21(14(16)3)15-7-5-4-6-8-15/h4-10H,11H2,1-3H3. The van der Waals surface area contributed by atoms with Crippen molar-refractivity contribution in [2.75, 3.05) is 6.61 Å². The Morgan fingerprint density at radius 2 is 1.84 bits per heavy atom. The first kappa shape index (κ1) is 16.7. The third-order valence-electron chi connectivity index (χ3n) is 3.91. The van der Waals surface area contributed by atoms with E-state index in [1.807, 2.05) is 48.7 Å². The Hall–Kier alpha value is -3.15. The molecule has 0 aliphatic carbocycles. The fourth-order valence-corrected chi connectivity index (χ4v) is 2.76. The Morgan fingerprint density at radius 3 is 2.48 bits per heavy atom. The van der Waals surface area contributed by atoms with E-state index >= 15 is 0 Å². The summed E-state index contributed by atoms with van der Waals surface area (Å²) in [6.07, 6.45) is 0. The quantitative estimate of drug-likeness (QED) is 0.526. The van der Waals surface area contributed by atoms with Crippen LogP contribution in [0.2, 0.25) is 0 Å². The number of carbonyl (C=O) groups is 2. The van der Waals surface area contributed by atoms with E-state index in [4.69, 9.17) is 9.26 Å². The van der Waals surface area contributed by atoms with Crippen LogP contribution in [0.1, 0.15) is 38.0 Å². The van der Waals surface area contributed by atoms with Gasteiger partial charge in [-0.05, 0) is 39.0 Å². The maximum Gasteiger partial charge on any atom is 0.377 e. The minimum Gasteiger partial charge on any atom is -0.451 e. The summed E-state index contributed by atoms with van der Waals surface area (Å²) in [6.45, 7) is 5.15. The number of ether oxygens (including phenoxy) is 1. The highest BCUT2D eigenvalue weighted by atomic mass is 16.6. The van der Waals surface area contributed by atoms with Crippen molar-refractivity contribution in [2.45, 2.75) is 20.8 Å². The highest BCUT2D eigenvalue weighted by Crippen LogP contribution is 2.21. The number of benzene rings is 1. The van der Waals surface area contributed by atoms with Crippen LogP contribution >= 0.6 is 0 Å². The van der Waals surface area contributed by atoms with E-state index in [2.05, 4.69) is 5.16 Å². The van der Waals surface area contributed by atoms with Gasteiger partial charge in [0, 0.05) is 28.7 Å². The minimum absolute atomic E-state index is 0.0138. The summed E-state index contributed by atoms with van der Waals surface area (Å²) >= 11 is 0. The van der Waals surface area contributed by atoms with E-state index < -0.39 is 5.97 Å². The van der Waals surface area contributed by atoms with Gasteiger partial charge in [0.1, 0.15) is 0 Å². The molecule has 0 saturated carbocycles. The van der Waals surface area contributed by atoms with Crippen LogP contribution in [0.15, 0.2) is 47.0 Å². The van der Waals surface area contributed by atoms with Crippen molar-refractivity contribution in [3.05, 3.63) is 70.9 Å². The van der Waals surface area contributed by atoms with Gasteiger partial charge in [-0.1, -0.05) is 23.4 Å². The Labute approximate surface area is 145 Å². The lowest BCUT2D eigenvalue weighted by Gasteiger charge is -2.09. The number of rotatable bonds is 5. The van der Waals surface area contributed by atoms with E-state index in [-0.39, 0.29) is 18.2 Å². The first-order chi connectivity index (χ1) is 12.0. The summed E-state index contributed by atoms with van der Waals surface area (Å²) in [5, 5.41) is 3.62. The molecule has 128 valence electrons. The van der Waals surface area contributed by atoms with E-state index in [1.54, 1.807) is 13.0 Å². The molecular formula is C19H18N2O4. The average molecular weight is 338 g/mol. The van der Waals surface area contributed by atoms with E-state index in [0.29, 0.717) is 11.3 Å². The molecule has 0 spiro atoms. The van der Waals surface area contributed by atoms with Crippen LogP contribution in [0.4, 0.5) is 0 Å². The lowest BCUT2D eigenvalue weighted by molar-refractivity contribution is 0.0435. The number of carbonyl (C=O) groups excluding carboxylic acids is 2. The summed E-state index contributed by atoms with van der Waals surface area (Å²) < 4.78 is 11.9. The molecule has 6 heteroatoms. The van der Waals surface area contributed by atoms with Gasteiger partial charge in [0.25, 0.3) is 0 Å². The predicted octanol–water partition coefficient (Wildman–Crippen LogP) is 3.43. The topological polar surface area (TPSA) is 74.3 Å². The molecule has 3 aromatic rings. The van der Waals surface area contributed by atoms with Gasteiger partial charge >= 0.3 is 5.97 Å². The van der Waals surface area contributed by atoms with Gasteiger partial charge in [-0.2, -0.15) is 0 Å². The van der Waals surface area contributed by atoms with Crippen molar-refractivity contribution < 1.29 is 18.8 Å². The maximum absolute atomic E-state index is 12.5. The van der Waals surface area contributed by atoms with Crippen molar-refractivity contribution in [1.29, 1.82) is 0 Å².